The lowest BCUT2D eigenvalue weighted by Crippen LogP contribution is -2.09. The lowest BCUT2D eigenvalue weighted by molar-refractivity contribution is 0.602. The Bertz CT molecular complexity index is 526. The van der Waals surface area contributed by atoms with E-state index >= 15 is 0 Å². The van der Waals surface area contributed by atoms with Gasteiger partial charge in [-0.1, -0.05) is 18.2 Å². The molecule has 0 atom stereocenters. The van der Waals surface area contributed by atoms with Crippen LogP contribution in [0.3, 0.4) is 0 Å². The molecule has 1 aromatic carbocycles. The number of hydrogen-bond donors (Lipinski definition) is 2. The third-order valence-corrected chi connectivity index (χ3v) is 2.52. The van der Waals surface area contributed by atoms with Crippen molar-refractivity contribution >= 4 is 5.82 Å². The lowest BCUT2D eigenvalue weighted by Gasteiger charge is -2.10. The van der Waals surface area contributed by atoms with Crippen LogP contribution in [-0.4, -0.2) is 12.0 Å². The van der Waals surface area contributed by atoms with Crippen LogP contribution in [-0.2, 0) is 6.54 Å². The summed E-state index contributed by atoms with van der Waals surface area (Å²) in [5.41, 5.74) is 7.70. The Morgan fingerprint density at radius 2 is 2.00 bits per heavy atom. The third-order valence-electron chi connectivity index (χ3n) is 2.52. The fourth-order valence-corrected chi connectivity index (χ4v) is 1.76. The Hall–Kier alpha value is -1.94. The molecule has 3 N–H and O–H groups in total. The predicted molar refractivity (Wildman–Crippen MR) is 66.8 cm³/mol. The molecule has 4 heteroatoms. The number of hydrogen-bond acceptors (Lipinski definition) is 3. The average molecular weight is 231 g/mol. The minimum Gasteiger partial charge on any atom is -0.384 e. The van der Waals surface area contributed by atoms with E-state index in [0.29, 0.717) is 23.6 Å². The van der Waals surface area contributed by atoms with E-state index < -0.39 is 0 Å². The third kappa shape index (κ3) is 2.42. The molecule has 2 rings (SSSR count). The van der Waals surface area contributed by atoms with E-state index in [9.17, 15) is 4.39 Å². The molecule has 0 aliphatic carbocycles. The standard InChI is InChI=1S/C13H14FN3/c1-16-8-10-9(4-2-5-11(10)14)12-6-3-7-13(15)17-12/h2-7,16H,8H2,1H3,(H2,15,17). The summed E-state index contributed by atoms with van der Waals surface area (Å²) in [4.78, 5) is 4.21. The number of pyridine rings is 1. The van der Waals surface area contributed by atoms with Gasteiger partial charge in [0.2, 0.25) is 0 Å². The Morgan fingerprint density at radius 3 is 2.71 bits per heavy atom. The van der Waals surface area contributed by atoms with Gasteiger partial charge < -0.3 is 11.1 Å². The van der Waals surface area contributed by atoms with Crippen LogP contribution in [0.2, 0.25) is 0 Å². The van der Waals surface area contributed by atoms with Crippen LogP contribution in [0.4, 0.5) is 10.2 Å². The number of nitrogen functional groups attached to an aromatic ring is 1. The summed E-state index contributed by atoms with van der Waals surface area (Å²) in [6.45, 7) is 0.457. The van der Waals surface area contributed by atoms with E-state index in [1.807, 2.05) is 18.2 Å². The summed E-state index contributed by atoms with van der Waals surface area (Å²) < 4.78 is 13.7. The number of aromatic nitrogens is 1. The van der Waals surface area contributed by atoms with E-state index in [0.717, 1.165) is 5.56 Å². The Balaban J connectivity index is 2.54. The molecule has 3 nitrogen and oxygen atoms in total. The molecule has 0 radical (unpaired) electrons. The van der Waals surface area contributed by atoms with Gasteiger partial charge in [-0.15, -0.1) is 0 Å². The summed E-state index contributed by atoms with van der Waals surface area (Å²) in [6, 6.07) is 10.3. The highest BCUT2D eigenvalue weighted by molar-refractivity contribution is 5.65. The summed E-state index contributed by atoms with van der Waals surface area (Å²) in [6.07, 6.45) is 0. The van der Waals surface area contributed by atoms with Crippen molar-refractivity contribution in [2.45, 2.75) is 6.54 Å². The summed E-state index contributed by atoms with van der Waals surface area (Å²) in [5, 5.41) is 2.95. The predicted octanol–water partition coefficient (Wildman–Crippen LogP) is 2.19. The van der Waals surface area contributed by atoms with Gasteiger partial charge in [0.1, 0.15) is 11.6 Å². The number of anilines is 1. The number of benzene rings is 1. The van der Waals surface area contributed by atoms with E-state index in [2.05, 4.69) is 10.3 Å². The molecular formula is C13H14FN3. The van der Waals surface area contributed by atoms with Crippen molar-refractivity contribution in [3.05, 3.63) is 47.8 Å². The first-order valence-electron chi connectivity index (χ1n) is 5.37. The molecule has 88 valence electrons. The summed E-state index contributed by atoms with van der Waals surface area (Å²) in [7, 11) is 1.78. The van der Waals surface area contributed by atoms with E-state index in [1.165, 1.54) is 6.07 Å². The van der Waals surface area contributed by atoms with Gasteiger partial charge in [0.05, 0.1) is 5.69 Å². The molecule has 2 aromatic rings. The van der Waals surface area contributed by atoms with Gasteiger partial charge >= 0.3 is 0 Å². The zero-order valence-electron chi connectivity index (χ0n) is 9.57. The van der Waals surface area contributed by atoms with E-state index in [1.54, 1.807) is 19.2 Å². The van der Waals surface area contributed by atoms with Gasteiger partial charge in [-0.3, -0.25) is 0 Å². The molecule has 0 unspecified atom stereocenters. The number of nitrogens with one attached hydrogen (secondary N) is 1. The molecule has 1 aromatic heterocycles. The Labute approximate surface area is 99.5 Å². The SMILES string of the molecule is CNCc1c(F)cccc1-c1cccc(N)n1. The van der Waals surface area contributed by atoms with Crippen LogP contribution in [0.25, 0.3) is 11.3 Å². The summed E-state index contributed by atoms with van der Waals surface area (Å²) in [5.74, 6) is 0.197. The van der Waals surface area contributed by atoms with Gasteiger partial charge in [0.25, 0.3) is 0 Å². The normalized spacial score (nSPS) is 10.5. The Morgan fingerprint density at radius 1 is 1.24 bits per heavy atom. The summed E-state index contributed by atoms with van der Waals surface area (Å²) >= 11 is 0. The van der Waals surface area contributed by atoms with Crippen LogP contribution < -0.4 is 11.1 Å². The quantitative estimate of drug-likeness (QED) is 0.851. The van der Waals surface area contributed by atoms with Crippen molar-refractivity contribution in [3.63, 3.8) is 0 Å². The van der Waals surface area contributed by atoms with Gasteiger partial charge in [0.15, 0.2) is 0 Å². The van der Waals surface area contributed by atoms with Gasteiger partial charge in [-0.25, -0.2) is 9.37 Å². The van der Waals surface area contributed by atoms with Crippen molar-refractivity contribution in [1.29, 1.82) is 0 Å². The molecular weight excluding hydrogens is 217 g/mol. The average Bonchev–Trinajstić information content (AvgIpc) is 2.32. The number of rotatable bonds is 3. The minimum atomic E-state index is -0.235. The second-order valence-electron chi connectivity index (χ2n) is 3.74. The maximum absolute atomic E-state index is 13.7. The maximum atomic E-state index is 13.7. The molecule has 0 saturated heterocycles. The first-order chi connectivity index (χ1) is 8.22. The molecule has 0 saturated carbocycles. The number of halogens is 1. The Kier molecular flexibility index (Phi) is 3.35. The van der Waals surface area contributed by atoms with Crippen LogP contribution >= 0.6 is 0 Å². The molecule has 0 spiro atoms. The van der Waals surface area contributed by atoms with E-state index in [-0.39, 0.29) is 5.82 Å². The molecule has 0 fully saturated rings. The van der Waals surface area contributed by atoms with Crippen molar-refractivity contribution in [3.8, 4) is 11.3 Å². The molecule has 0 amide bonds. The minimum absolute atomic E-state index is 0.235. The molecule has 17 heavy (non-hydrogen) atoms. The fourth-order valence-electron chi connectivity index (χ4n) is 1.76. The number of nitrogens with two attached hydrogens (primary N) is 1. The second-order valence-corrected chi connectivity index (χ2v) is 3.74. The highest BCUT2D eigenvalue weighted by Gasteiger charge is 2.10. The molecule has 1 heterocycles. The zero-order valence-corrected chi connectivity index (χ0v) is 9.57. The largest absolute Gasteiger partial charge is 0.384 e. The monoisotopic (exact) mass is 231 g/mol. The van der Waals surface area contributed by atoms with Gasteiger partial charge in [-0.2, -0.15) is 0 Å². The van der Waals surface area contributed by atoms with Crippen LogP contribution in [0.1, 0.15) is 5.56 Å². The second kappa shape index (κ2) is 4.93. The van der Waals surface area contributed by atoms with Crippen molar-refractivity contribution in [1.82, 2.24) is 10.3 Å². The van der Waals surface area contributed by atoms with E-state index in [4.69, 9.17) is 5.73 Å². The maximum Gasteiger partial charge on any atom is 0.128 e. The van der Waals surface area contributed by atoms with Gasteiger partial charge in [-0.05, 0) is 25.2 Å². The van der Waals surface area contributed by atoms with Crippen LogP contribution in [0.15, 0.2) is 36.4 Å². The molecule has 0 aliphatic rings. The first-order valence-corrected chi connectivity index (χ1v) is 5.37. The number of nitrogens with zero attached hydrogens (tertiary/aromatic N) is 1. The van der Waals surface area contributed by atoms with Crippen molar-refractivity contribution in [2.24, 2.45) is 0 Å². The molecule has 0 aliphatic heterocycles. The molecule has 0 bridgehead atoms. The van der Waals surface area contributed by atoms with Crippen molar-refractivity contribution < 1.29 is 4.39 Å². The zero-order chi connectivity index (χ0) is 12.3. The highest BCUT2D eigenvalue weighted by atomic mass is 19.1. The highest BCUT2D eigenvalue weighted by Crippen LogP contribution is 2.24. The first kappa shape index (κ1) is 11.5. The van der Waals surface area contributed by atoms with Gasteiger partial charge in [0, 0.05) is 17.7 Å². The lowest BCUT2D eigenvalue weighted by atomic mass is 10.0. The van der Waals surface area contributed by atoms with Crippen molar-refractivity contribution in [2.75, 3.05) is 12.8 Å². The van der Waals surface area contributed by atoms with Crippen LogP contribution in [0.5, 0.6) is 0 Å². The smallest absolute Gasteiger partial charge is 0.128 e. The topological polar surface area (TPSA) is 50.9 Å². The van der Waals surface area contributed by atoms with Crippen LogP contribution in [0, 0.1) is 5.82 Å². The fraction of sp³-hybridized carbons (Fsp3) is 0.154.